The molecule has 2 aromatic heterocycles. The highest BCUT2D eigenvalue weighted by Gasteiger charge is 2.54. The summed E-state index contributed by atoms with van der Waals surface area (Å²) in [7, 11) is 3.51. The number of likely N-dealkylation sites (N-methyl/N-ethyl adjacent to an activating group) is 1. The summed E-state index contributed by atoms with van der Waals surface area (Å²) in [6, 6.07) is 14.5. The van der Waals surface area contributed by atoms with E-state index in [2.05, 4.69) is 10.3 Å². The van der Waals surface area contributed by atoms with Crippen LogP contribution in [0.3, 0.4) is 0 Å². The number of aliphatic hydroxyl groups is 1. The Hall–Kier alpha value is -3.49. The molecule has 1 saturated heterocycles. The Morgan fingerprint density at radius 3 is 2.82 bits per heavy atom. The number of benzene rings is 1. The molecule has 0 saturated carbocycles. The monoisotopic (exact) mass is 460 g/mol. The molecule has 2 aliphatic rings. The normalized spacial score (nSPS) is 23.4. The summed E-state index contributed by atoms with van der Waals surface area (Å²) in [4.78, 5) is 32.7. The van der Waals surface area contributed by atoms with Crippen molar-refractivity contribution in [2.45, 2.75) is 25.2 Å². The molecule has 2 aliphatic heterocycles. The lowest BCUT2D eigenvalue weighted by atomic mass is 9.88. The highest BCUT2D eigenvalue weighted by Crippen LogP contribution is 2.48. The van der Waals surface area contributed by atoms with E-state index in [0.717, 1.165) is 22.6 Å². The minimum absolute atomic E-state index is 0.0283. The Bertz CT molecular complexity index is 1260. The van der Waals surface area contributed by atoms with Crippen LogP contribution in [0, 0.1) is 11.8 Å². The van der Waals surface area contributed by atoms with Crippen LogP contribution in [-0.2, 0) is 17.9 Å². The highest BCUT2D eigenvalue weighted by molar-refractivity contribution is 5.82. The molecule has 0 bridgehead atoms. The van der Waals surface area contributed by atoms with E-state index in [4.69, 9.17) is 4.74 Å². The van der Waals surface area contributed by atoms with Gasteiger partial charge in [-0.15, -0.1) is 0 Å². The molecule has 8 nitrogen and oxygen atoms in total. The van der Waals surface area contributed by atoms with Crippen LogP contribution in [0.15, 0.2) is 65.7 Å². The van der Waals surface area contributed by atoms with E-state index in [1.807, 2.05) is 60.5 Å². The fraction of sp³-hybridized carbons (Fsp3) is 0.346. The Balaban J connectivity index is 1.39. The Morgan fingerprint density at radius 1 is 1.24 bits per heavy atom. The maximum absolute atomic E-state index is 13.3. The Morgan fingerprint density at radius 2 is 2.09 bits per heavy atom. The minimum Gasteiger partial charge on any atom is -0.497 e. The lowest BCUT2D eigenvalue weighted by Crippen LogP contribution is -2.46. The third kappa shape index (κ3) is 3.69. The van der Waals surface area contributed by atoms with Crippen LogP contribution >= 0.6 is 0 Å². The molecule has 0 aliphatic carbocycles. The van der Waals surface area contributed by atoms with Crippen LogP contribution < -0.4 is 15.6 Å². The number of rotatable bonds is 6. The van der Waals surface area contributed by atoms with Crippen molar-refractivity contribution in [2.75, 3.05) is 20.8 Å². The third-order valence-electron chi connectivity index (χ3n) is 7.20. The van der Waals surface area contributed by atoms with E-state index in [1.165, 1.54) is 0 Å². The minimum atomic E-state index is -0.479. The van der Waals surface area contributed by atoms with Crippen molar-refractivity contribution in [3.63, 3.8) is 0 Å². The number of carbonyl (C=O) groups is 1. The zero-order valence-electron chi connectivity index (χ0n) is 19.2. The van der Waals surface area contributed by atoms with Gasteiger partial charge in [0.1, 0.15) is 5.75 Å². The highest BCUT2D eigenvalue weighted by atomic mass is 16.5. The summed E-state index contributed by atoms with van der Waals surface area (Å²) in [5.41, 5.74) is 3.14. The number of hydrogen-bond acceptors (Lipinski definition) is 6. The van der Waals surface area contributed by atoms with Crippen molar-refractivity contribution in [2.24, 2.45) is 11.8 Å². The van der Waals surface area contributed by atoms with E-state index in [0.29, 0.717) is 18.7 Å². The second-order valence-corrected chi connectivity index (χ2v) is 8.96. The molecule has 4 heterocycles. The fourth-order valence-electron chi connectivity index (χ4n) is 5.59. The average Bonchev–Trinajstić information content (AvgIpc) is 3.38. The molecule has 0 radical (unpaired) electrons. The number of carbonyl (C=O) groups excluding carboxylic acids is 1. The van der Waals surface area contributed by atoms with Gasteiger partial charge in [-0.2, -0.15) is 0 Å². The van der Waals surface area contributed by atoms with Gasteiger partial charge in [0.2, 0.25) is 5.91 Å². The van der Waals surface area contributed by atoms with Crippen LogP contribution in [-0.4, -0.2) is 52.3 Å². The zero-order valence-corrected chi connectivity index (χ0v) is 19.2. The molecule has 2 N–H and O–H groups in total. The number of aliphatic hydroxyl groups excluding tert-OH is 1. The molecule has 3 aromatic rings. The predicted octanol–water partition coefficient (Wildman–Crippen LogP) is 1.83. The van der Waals surface area contributed by atoms with Crippen molar-refractivity contribution in [1.82, 2.24) is 19.8 Å². The molecule has 34 heavy (non-hydrogen) atoms. The molecule has 1 aromatic carbocycles. The van der Waals surface area contributed by atoms with Crippen molar-refractivity contribution >= 4 is 5.91 Å². The number of nitrogens with zero attached hydrogens (tertiary/aromatic N) is 3. The first-order chi connectivity index (χ1) is 16.5. The number of amides is 1. The fourth-order valence-corrected chi connectivity index (χ4v) is 5.59. The number of likely N-dealkylation sites (tertiary alicyclic amines) is 1. The third-order valence-corrected chi connectivity index (χ3v) is 7.20. The van der Waals surface area contributed by atoms with Crippen LogP contribution in [0.25, 0.3) is 11.1 Å². The van der Waals surface area contributed by atoms with Gasteiger partial charge in [0.25, 0.3) is 5.56 Å². The van der Waals surface area contributed by atoms with E-state index in [9.17, 15) is 14.7 Å². The summed E-state index contributed by atoms with van der Waals surface area (Å²) in [6.07, 6.45) is 3.37. The smallest absolute Gasteiger partial charge is 0.258 e. The largest absolute Gasteiger partial charge is 0.497 e. The zero-order chi connectivity index (χ0) is 23.8. The quantitative estimate of drug-likeness (QED) is 0.583. The van der Waals surface area contributed by atoms with Crippen molar-refractivity contribution in [3.8, 4) is 16.9 Å². The summed E-state index contributed by atoms with van der Waals surface area (Å²) < 4.78 is 7.05. The van der Waals surface area contributed by atoms with Gasteiger partial charge in [0.05, 0.1) is 19.2 Å². The molecule has 1 amide bonds. The number of nitrogens with one attached hydrogen (secondary N) is 1. The van der Waals surface area contributed by atoms with E-state index in [-0.39, 0.29) is 36.0 Å². The van der Waals surface area contributed by atoms with Crippen LogP contribution in [0.4, 0.5) is 0 Å². The number of fused-ring (bicyclic) bond motifs is 3. The molecule has 0 unspecified atom stereocenters. The molecule has 4 atom stereocenters. The van der Waals surface area contributed by atoms with Crippen LogP contribution in [0.5, 0.6) is 5.75 Å². The van der Waals surface area contributed by atoms with Crippen LogP contribution in [0.1, 0.15) is 17.3 Å². The standard InChI is InChI=1S/C26H28N4O4/c1-29-23-20(14-30-22(23)9-8-19(26(30)33)17-6-4-10-27-13-17)21(15-31)24(29)25(32)28-12-16-5-3-7-18(11-16)34-2/h3-11,13,20-21,23-24,31H,12,14-15H2,1-2H3,(H,28,32)/t20-,21-,23+,24-/m0/s1. The Labute approximate surface area is 197 Å². The first-order valence-electron chi connectivity index (χ1n) is 11.4. The van der Waals surface area contributed by atoms with Gasteiger partial charge in [-0.1, -0.05) is 18.2 Å². The van der Waals surface area contributed by atoms with Gasteiger partial charge in [0.15, 0.2) is 0 Å². The molecule has 1 fully saturated rings. The maximum Gasteiger partial charge on any atom is 0.258 e. The van der Waals surface area contributed by atoms with Gasteiger partial charge in [0, 0.05) is 60.7 Å². The van der Waals surface area contributed by atoms with Gasteiger partial charge in [-0.05, 0) is 42.9 Å². The lowest BCUT2D eigenvalue weighted by molar-refractivity contribution is -0.127. The lowest BCUT2D eigenvalue weighted by Gasteiger charge is -2.27. The van der Waals surface area contributed by atoms with E-state index < -0.39 is 6.04 Å². The van der Waals surface area contributed by atoms with Crippen molar-refractivity contribution < 1.29 is 14.6 Å². The molecule has 8 heteroatoms. The van der Waals surface area contributed by atoms with E-state index in [1.54, 1.807) is 24.1 Å². The number of methoxy groups -OCH3 is 1. The van der Waals surface area contributed by atoms with E-state index >= 15 is 0 Å². The van der Waals surface area contributed by atoms with Crippen molar-refractivity contribution in [1.29, 1.82) is 0 Å². The van der Waals surface area contributed by atoms with Gasteiger partial charge in [-0.25, -0.2) is 0 Å². The molecule has 0 spiro atoms. The first kappa shape index (κ1) is 22.3. The number of ether oxygens (including phenoxy) is 1. The summed E-state index contributed by atoms with van der Waals surface area (Å²) in [5.74, 6) is 0.306. The molecule has 176 valence electrons. The molecular weight excluding hydrogens is 432 g/mol. The second-order valence-electron chi connectivity index (χ2n) is 8.96. The van der Waals surface area contributed by atoms with Gasteiger partial charge >= 0.3 is 0 Å². The molecule has 5 rings (SSSR count). The first-order valence-corrected chi connectivity index (χ1v) is 11.4. The maximum atomic E-state index is 13.3. The summed E-state index contributed by atoms with van der Waals surface area (Å²) in [5, 5.41) is 13.3. The Kier molecular flexibility index (Phi) is 5.93. The number of aromatic nitrogens is 2. The predicted molar refractivity (Wildman–Crippen MR) is 127 cm³/mol. The SMILES string of the molecule is COc1cccc(CNC(=O)[C@@H]2[C@@H](CO)[C@@H]3Cn4c(ccc(-c5cccnc5)c4=O)[C@@H]3N2C)c1. The summed E-state index contributed by atoms with van der Waals surface area (Å²) >= 11 is 0. The van der Waals surface area contributed by atoms with Crippen molar-refractivity contribution in [3.05, 3.63) is 82.5 Å². The number of pyridine rings is 2. The average molecular weight is 461 g/mol. The van der Waals surface area contributed by atoms with Gasteiger partial charge in [-0.3, -0.25) is 19.5 Å². The summed E-state index contributed by atoms with van der Waals surface area (Å²) in [6.45, 7) is 0.724. The number of hydrogen-bond donors (Lipinski definition) is 2. The topological polar surface area (TPSA) is 96.7 Å². The van der Waals surface area contributed by atoms with Crippen LogP contribution in [0.2, 0.25) is 0 Å². The molecular formula is C26H28N4O4. The second kappa shape index (κ2) is 9.04. The van der Waals surface area contributed by atoms with Gasteiger partial charge < -0.3 is 19.7 Å².